The monoisotopic (exact) mass is 449 g/mol. The summed E-state index contributed by atoms with van der Waals surface area (Å²) in [5.41, 5.74) is 0.829. The van der Waals surface area contributed by atoms with Gasteiger partial charge in [-0.15, -0.1) is 0 Å². The van der Waals surface area contributed by atoms with Crippen molar-refractivity contribution in [1.29, 1.82) is 0 Å². The molecule has 0 unspecified atom stereocenters. The summed E-state index contributed by atoms with van der Waals surface area (Å²) < 4.78 is 20.0. The van der Waals surface area contributed by atoms with Crippen LogP contribution in [-0.4, -0.2) is 39.1 Å². The van der Waals surface area contributed by atoms with Crippen molar-refractivity contribution in [3.63, 3.8) is 0 Å². The van der Waals surface area contributed by atoms with E-state index in [1.807, 2.05) is 30.3 Å². The maximum atomic E-state index is 14.5. The van der Waals surface area contributed by atoms with E-state index in [9.17, 15) is 9.18 Å². The van der Waals surface area contributed by atoms with Crippen LogP contribution in [0.25, 0.3) is 10.9 Å². The van der Waals surface area contributed by atoms with Gasteiger partial charge in [0, 0.05) is 19.3 Å². The number of halogens is 3. The topological polar surface area (TPSA) is 71.5 Å². The quantitative estimate of drug-likeness (QED) is 0.413. The summed E-state index contributed by atoms with van der Waals surface area (Å²) in [6, 6.07) is 9.41. The molecule has 3 heterocycles. The van der Waals surface area contributed by atoms with Gasteiger partial charge >= 0.3 is 6.09 Å². The molecular formula is C20H18Cl2FN5O2. The Bertz CT molecular complexity index is 1070. The van der Waals surface area contributed by atoms with Crippen LogP contribution in [-0.2, 0) is 11.3 Å². The van der Waals surface area contributed by atoms with Gasteiger partial charge in [0.25, 0.3) is 0 Å². The van der Waals surface area contributed by atoms with Crippen molar-refractivity contribution >= 4 is 46.0 Å². The van der Waals surface area contributed by atoms with Gasteiger partial charge in [-0.2, -0.15) is 4.98 Å². The molecule has 30 heavy (non-hydrogen) atoms. The lowest BCUT2D eigenvalue weighted by atomic mass is 10.2. The Hall–Kier alpha value is -2.71. The van der Waals surface area contributed by atoms with E-state index in [2.05, 4.69) is 15.0 Å². The fourth-order valence-corrected chi connectivity index (χ4v) is 3.64. The number of nitrogens with zero attached hydrogens (tertiary/aromatic N) is 5. The first kappa shape index (κ1) is 20.6. The fourth-order valence-electron chi connectivity index (χ4n) is 3.33. The smallest absolute Gasteiger partial charge is 0.429 e. The molecule has 0 N–H and O–H groups in total. The summed E-state index contributed by atoms with van der Waals surface area (Å²) in [5.74, 6) is -0.501. The number of amides is 1. The van der Waals surface area contributed by atoms with Crippen LogP contribution >= 0.6 is 23.2 Å². The summed E-state index contributed by atoms with van der Waals surface area (Å²) >= 11 is 11.9. The zero-order valence-electron chi connectivity index (χ0n) is 15.9. The molecule has 7 nitrogen and oxygen atoms in total. The highest BCUT2D eigenvalue weighted by atomic mass is 35.5. The molecular weight excluding hydrogens is 432 g/mol. The third-order valence-electron chi connectivity index (χ3n) is 4.79. The second-order valence-electron chi connectivity index (χ2n) is 6.79. The van der Waals surface area contributed by atoms with Crippen LogP contribution < -0.4 is 5.01 Å². The zero-order valence-corrected chi connectivity index (χ0v) is 17.4. The van der Waals surface area contributed by atoms with Crippen LogP contribution in [0, 0.1) is 5.82 Å². The molecule has 1 amide bonds. The molecule has 3 aromatic rings. The molecule has 0 atom stereocenters. The summed E-state index contributed by atoms with van der Waals surface area (Å²) in [7, 11) is 0. The van der Waals surface area contributed by atoms with Gasteiger partial charge in [-0.1, -0.05) is 41.9 Å². The number of pyridine rings is 1. The van der Waals surface area contributed by atoms with Crippen LogP contribution in [0.1, 0.15) is 24.8 Å². The number of benzene rings is 1. The van der Waals surface area contributed by atoms with Gasteiger partial charge in [-0.3, -0.25) is 5.01 Å². The number of rotatable bonds is 3. The lowest BCUT2D eigenvalue weighted by molar-refractivity contribution is 0.0932. The molecule has 1 aromatic carbocycles. The highest BCUT2D eigenvalue weighted by Crippen LogP contribution is 2.31. The molecule has 0 radical (unpaired) electrons. The third kappa shape index (κ3) is 4.24. The van der Waals surface area contributed by atoms with Crippen molar-refractivity contribution in [3.8, 4) is 0 Å². The average Bonchev–Trinajstić information content (AvgIpc) is 3.01. The molecule has 1 aliphatic heterocycles. The minimum absolute atomic E-state index is 0.0492. The molecule has 1 saturated heterocycles. The third-order valence-corrected chi connectivity index (χ3v) is 5.22. The maximum Gasteiger partial charge on any atom is 0.429 e. The first-order chi connectivity index (χ1) is 14.5. The number of carbonyl (C=O) groups excluding carboxylic acids is 1. The normalized spacial score (nSPS) is 14.6. The zero-order chi connectivity index (χ0) is 21.1. The Morgan fingerprint density at radius 1 is 1.10 bits per heavy atom. The molecule has 4 rings (SSSR count). The predicted molar refractivity (Wildman–Crippen MR) is 112 cm³/mol. The van der Waals surface area contributed by atoms with Gasteiger partial charge < -0.3 is 4.74 Å². The number of anilines is 1. The van der Waals surface area contributed by atoms with Crippen molar-refractivity contribution in [3.05, 3.63) is 58.3 Å². The van der Waals surface area contributed by atoms with Gasteiger partial charge in [0.2, 0.25) is 5.28 Å². The Morgan fingerprint density at radius 3 is 2.67 bits per heavy atom. The van der Waals surface area contributed by atoms with Gasteiger partial charge in [-0.05, 0) is 36.4 Å². The Balaban J connectivity index is 1.68. The fraction of sp³-hybridized carbons (Fsp3) is 0.300. The minimum atomic E-state index is -0.784. The van der Waals surface area contributed by atoms with E-state index in [1.54, 1.807) is 5.01 Å². The number of hydrazine groups is 1. The summed E-state index contributed by atoms with van der Waals surface area (Å²) in [6.45, 7) is 1.05. The molecule has 0 spiro atoms. The van der Waals surface area contributed by atoms with Crippen molar-refractivity contribution in [2.24, 2.45) is 0 Å². The summed E-state index contributed by atoms with van der Waals surface area (Å²) in [6.07, 6.45) is 3.39. The summed E-state index contributed by atoms with van der Waals surface area (Å²) in [5, 5.41) is 2.98. The number of hydrogen-bond donors (Lipinski definition) is 0. The standard InChI is InChI=1S/C20H18Cl2FN5O2/c21-17-15(23)16-14(11-24-17)18(26-19(22)25-16)27-9-5-2-6-10-28(27)20(29)30-12-13-7-3-1-4-8-13/h1,3-4,7-8,11H,2,5-6,9-10,12H2. The number of ether oxygens (including phenoxy) is 1. The molecule has 156 valence electrons. The van der Waals surface area contributed by atoms with E-state index < -0.39 is 11.9 Å². The van der Waals surface area contributed by atoms with E-state index in [0.29, 0.717) is 18.5 Å². The molecule has 0 bridgehead atoms. The van der Waals surface area contributed by atoms with Crippen LogP contribution in [0.4, 0.5) is 15.0 Å². The van der Waals surface area contributed by atoms with Gasteiger partial charge in [0.05, 0.1) is 5.39 Å². The predicted octanol–water partition coefficient (Wildman–Crippen LogP) is 5.01. The van der Waals surface area contributed by atoms with Crippen molar-refractivity contribution in [2.75, 3.05) is 18.1 Å². The Labute approximate surface area is 182 Å². The van der Waals surface area contributed by atoms with Crippen LogP contribution in [0.5, 0.6) is 0 Å². The first-order valence-electron chi connectivity index (χ1n) is 9.47. The maximum absolute atomic E-state index is 14.5. The molecule has 0 saturated carbocycles. The van der Waals surface area contributed by atoms with E-state index in [4.69, 9.17) is 27.9 Å². The highest BCUT2D eigenvalue weighted by Gasteiger charge is 2.29. The number of hydrogen-bond acceptors (Lipinski definition) is 6. The van der Waals surface area contributed by atoms with Crippen LogP contribution in [0.3, 0.4) is 0 Å². The first-order valence-corrected chi connectivity index (χ1v) is 10.2. The lowest BCUT2D eigenvalue weighted by Gasteiger charge is -2.33. The van der Waals surface area contributed by atoms with Crippen molar-refractivity contribution in [1.82, 2.24) is 20.0 Å². The second-order valence-corrected chi connectivity index (χ2v) is 7.48. The second kappa shape index (κ2) is 8.97. The molecule has 10 heteroatoms. The van der Waals surface area contributed by atoms with Crippen molar-refractivity contribution in [2.45, 2.75) is 25.9 Å². The Kier molecular flexibility index (Phi) is 6.15. The number of carbonyl (C=O) groups is 1. The van der Waals surface area contributed by atoms with Gasteiger partial charge in [0.15, 0.2) is 16.8 Å². The largest absolute Gasteiger partial charge is 0.443 e. The molecule has 0 aliphatic carbocycles. The van der Waals surface area contributed by atoms with E-state index in [0.717, 1.165) is 24.8 Å². The molecule has 1 aliphatic rings. The van der Waals surface area contributed by atoms with Crippen LogP contribution in [0.15, 0.2) is 36.5 Å². The Morgan fingerprint density at radius 2 is 1.87 bits per heavy atom. The van der Waals surface area contributed by atoms with Crippen LogP contribution in [0.2, 0.25) is 10.4 Å². The van der Waals surface area contributed by atoms with Gasteiger partial charge in [-0.25, -0.2) is 24.2 Å². The average molecular weight is 450 g/mol. The lowest BCUT2D eigenvalue weighted by Crippen LogP contribution is -2.47. The van der Waals surface area contributed by atoms with E-state index >= 15 is 0 Å². The number of fused-ring (bicyclic) bond motifs is 1. The molecule has 2 aromatic heterocycles. The van der Waals surface area contributed by atoms with Gasteiger partial charge in [0.1, 0.15) is 12.1 Å². The summed E-state index contributed by atoms with van der Waals surface area (Å²) in [4.78, 5) is 25.0. The van der Waals surface area contributed by atoms with E-state index in [-0.39, 0.29) is 28.4 Å². The minimum Gasteiger partial charge on any atom is -0.443 e. The highest BCUT2D eigenvalue weighted by molar-refractivity contribution is 6.30. The molecule has 1 fully saturated rings. The van der Waals surface area contributed by atoms with E-state index in [1.165, 1.54) is 11.2 Å². The van der Waals surface area contributed by atoms with Crippen molar-refractivity contribution < 1.29 is 13.9 Å². The number of aromatic nitrogens is 3. The SMILES string of the molecule is O=C(OCc1ccccc1)N1CCCCCN1c1nc(Cl)nc2c(F)c(Cl)ncc12.